The SMILES string of the molecule is CC(C)OCCCNCc1ccc(Cl)c(Br)c1. The van der Waals surface area contributed by atoms with Crippen molar-refractivity contribution in [3.8, 4) is 0 Å². The molecule has 0 atom stereocenters. The summed E-state index contributed by atoms with van der Waals surface area (Å²) >= 11 is 9.35. The zero-order valence-electron chi connectivity index (χ0n) is 10.3. The van der Waals surface area contributed by atoms with Crippen molar-refractivity contribution in [1.82, 2.24) is 5.32 Å². The first-order chi connectivity index (χ1) is 8.09. The second-order valence-corrected chi connectivity index (χ2v) is 5.46. The van der Waals surface area contributed by atoms with Gasteiger partial charge in [0.2, 0.25) is 0 Å². The normalized spacial score (nSPS) is 11.1. The highest BCUT2D eigenvalue weighted by molar-refractivity contribution is 9.10. The molecule has 0 aliphatic carbocycles. The van der Waals surface area contributed by atoms with Crippen molar-refractivity contribution in [2.24, 2.45) is 0 Å². The molecule has 0 amide bonds. The van der Waals surface area contributed by atoms with E-state index in [0.717, 1.165) is 35.6 Å². The van der Waals surface area contributed by atoms with E-state index in [4.69, 9.17) is 16.3 Å². The maximum absolute atomic E-state index is 5.93. The van der Waals surface area contributed by atoms with E-state index < -0.39 is 0 Å². The minimum Gasteiger partial charge on any atom is -0.379 e. The van der Waals surface area contributed by atoms with Crippen LogP contribution in [0, 0.1) is 0 Å². The summed E-state index contributed by atoms with van der Waals surface area (Å²) in [5, 5.41) is 4.13. The highest BCUT2D eigenvalue weighted by Crippen LogP contribution is 2.22. The minimum atomic E-state index is 0.322. The molecule has 0 saturated heterocycles. The molecule has 0 aliphatic heterocycles. The lowest BCUT2D eigenvalue weighted by atomic mass is 10.2. The number of hydrogen-bond donors (Lipinski definition) is 1. The Balaban J connectivity index is 2.16. The number of halogens is 2. The summed E-state index contributed by atoms with van der Waals surface area (Å²) in [5.74, 6) is 0. The van der Waals surface area contributed by atoms with E-state index in [0.29, 0.717) is 6.10 Å². The van der Waals surface area contributed by atoms with Crippen LogP contribution in [0.4, 0.5) is 0 Å². The molecular weight excluding hydrogens is 302 g/mol. The van der Waals surface area contributed by atoms with Gasteiger partial charge in [0, 0.05) is 17.6 Å². The third kappa shape index (κ3) is 6.41. The highest BCUT2D eigenvalue weighted by Gasteiger charge is 1.99. The van der Waals surface area contributed by atoms with E-state index in [9.17, 15) is 0 Å². The smallest absolute Gasteiger partial charge is 0.0548 e. The fourth-order valence-electron chi connectivity index (χ4n) is 1.40. The molecular formula is C13H19BrClNO. The zero-order valence-corrected chi connectivity index (χ0v) is 12.6. The van der Waals surface area contributed by atoms with Crippen LogP contribution >= 0.6 is 27.5 Å². The van der Waals surface area contributed by atoms with Crippen molar-refractivity contribution in [3.05, 3.63) is 33.3 Å². The third-order valence-corrected chi connectivity index (χ3v) is 3.48. The first-order valence-electron chi connectivity index (χ1n) is 5.86. The van der Waals surface area contributed by atoms with Gasteiger partial charge in [0.15, 0.2) is 0 Å². The number of benzene rings is 1. The van der Waals surface area contributed by atoms with Crippen molar-refractivity contribution in [1.29, 1.82) is 0 Å². The Labute approximate surface area is 117 Å². The first-order valence-corrected chi connectivity index (χ1v) is 7.03. The highest BCUT2D eigenvalue weighted by atomic mass is 79.9. The van der Waals surface area contributed by atoms with Gasteiger partial charge in [-0.1, -0.05) is 17.7 Å². The molecule has 0 saturated carbocycles. The molecule has 0 radical (unpaired) electrons. The van der Waals surface area contributed by atoms with Crippen LogP contribution in [0.1, 0.15) is 25.8 Å². The monoisotopic (exact) mass is 319 g/mol. The second kappa shape index (κ2) is 8.09. The second-order valence-electron chi connectivity index (χ2n) is 4.20. The van der Waals surface area contributed by atoms with Crippen molar-refractivity contribution in [2.75, 3.05) is 13.2 Å². The van der Waals surface area contributed by atoms with Crippen molar-refractivity contribution >= 4 is 27.5 Å². The predicted octanol–water partition coefficient (Wildman–Crippen LogP) is 4.01. The Morgan fingerprint density at radius 2 is 2.18 bits per heavy atom. The Bertz CT molecular complexity index is 344. The largest absolute Gasteiger partial charge is 0.379 e. The third-order valence-electron chi connectivity index (χ3n) is 2.26. The number of ether oxygens (including phenoxy) is 1. The minimum absolute atomic E-state index is 0.322. The average Bonchev–Trinajstić information content (AvgIpc) is 2.27. The topological polar surface area (TPSA) is 21.3 Å². The molecule has 17 heavy (non-hydrogen) atoms. The van der Waals surface area contributed by atoms with E-state index in [1.165, 1.54) is 5.56 Å². The molecule has 1 rings (SSSR count). The van der Waals surface area contributed by atoms with Gasteiger partial charge in [0.1, 0.15) is 0 Å². The maximum Gasteiger partial charge on any atom is 0.0548 e. The summed E-state index contributed by atoms with van der Waals surface area (Å²) in [6.07, 6.45) is 1.36. The van der Waals surface area contributed by atoms with Crippen molar-refractivity contribution in [2.45, 2.75) is 32.9 Å². The Kier molecular flexibility index (Phi) is 7.12. The summed E-state index contributed by atoms with van der Waals surface area (Å²) < 4.78 is 6.41. The van der Waals surface area contributed by atoms with Gasteiger partial charge < -0.3 is 10.1 Å². The summed E-state index contributed by atoms with van der Waals surface area (Å²) in [7, 11) is 0. The van der Waals surface area contributed by atoms with E-state index in [-0.39, 0.29) is 0 Å². The molecule has 0 spiro atoms. The average molecular weight is 321 g/mol. The van der Waals surface area contributed by atoms with Gasteiger partial charge in [-0.15, -0.1) is 0 Å². The summed E-state index contributed by atoms with van der Waals surface area (Å²) in [6, 6.07) is 5.98. The molecule has 2 nitrogen and oxygen atoms in total. The first kappa shape index (κ1) is 15.0. The molecule has 1 aromatic rings. The van der Waals surface area contributed by atoms with Crippen LogP contribution in [0.25, 0.3) is 0 Å². The standard InChI is InChI=1S/C13H19BrClNO/c1-10(2)17-7-3-6-16-9-11-4-5-13(15)12(14)8-11/h4-5,8,10,16H,3,6-7,9H2,1-2H3. The van der Waals surface area contributed by atoms with Crippen LogP contribution in [0.15, 0.2) is 22.7 Å². The summed E-state index contributed by atoms with van der Waals surface area (Å²) in [5.41, 5.74) is 1.23. The molecule has 0 bridgehead atoms. The number of nitrogens with one attached hydrogen (secondary N) is 1. The van der Waals surface area contributed by atoms with Crippen LogP contribution in [0.3, 0.4) is 0 Å². The Morgan fingerprint density at radius 3 is 2.82 bits per heavy atom. The molecule has 0 aromatic heterocycles. The molecule has 0 unspecified atom stereocenters. The molecule has 0 heterocycles. The van der Waals surface area contributed by atoms with Crippen LogP contribution in [0.2, 0.25) is 5.02 Å². The Hall–Kier alpha value is -0.0900. The molecule has 0 fully saturated rings. The molecule has 96 valence electrons. The van der Waals surface area contributed by atoms with E-state index >= 15 is 0 Å². The molecule has 1 N–H and O–H groups in total. The van der Waals surface area contributed by atoms with Gasteiger partial charge in [-0.2, -0.15) is 0 Å². The molecule has 1 aromatic carbocycles. The lowest BCUT2D eigenvalue weighted by Crippen LogP contribution is -2.17. The van der Waals surface area contributed by atoms with E-state index in [2.05, 4.69) is 35.1 Å². The Morgan fingerprint density at radius 1 is 1.41 bits per heavy atom. The quantitative estimate of drug-likeness (QED) is 0.767. The van der Waals surface area contributed by atoms with Crippen LogP contribution in [0.5, 0.6) is 0 Å². The maximum atomic E-state index is 5.93. The predicted molar refractivity (Wildman–Crippen MR) is 76.6 cm³/mol. The van der Waals surface area contributed by atoms with Gasteiger partial charge in [0.05, 0.1) is 11.1 Å². The zero-order chi connectivity index (χ0) is 12.7. The fourth-order valence-corrected chi connectivity index (χ4v) is 1.94. The van der Waals surface area contributed by atoms with Crippen molar-refractivity contribution in [3.63, 3.8) is 0 Å². The van der Waals surface area contributed by atoms with Crippen LogP contribution in [-0.4, -0.2) is 19.3 Å². The number of rotatable bonds is 7. The fraction of sp³-hybridized carbons (Fsp3) is 0.538. The van der Waals surface area contributed by atoms with Gasteiger partial charge in [-0.25, -0.2) is 0 Å². The summed E-state index contributed by atoms with van der Waals surface area (Å²) in [6.45, 7) is 6.75. The lowest BCUT2D eigenvalue weighted by molar-refractivity contribution is 0.0770. The van der Waals surface area contributed by atoms with E-state index in [1.54, 1.807) is 0 Å². The van der Waals surface area contributed by atoms with Gasteiger partial charge in [-0.3, -0.25) is 0 Å². The summed E-state index contributed by atoms with van der Waals surface area (Å²) in [4.78, 5) is 0. The van der Waals surface area contributed by atoms with Crippen LogP contribution in [-0.2, 0) is 11.3 Å². The van der Waals surface area contributed by atoms with Gasteiger partial charge in [-0.05, 0) is 60.4 Å². The molecule has 4 heteroatoms. The van der Waals surface area contributed by atoms with Gasteiger partial charge >= 0.3 is 0 Å². The lowest BCUT2D eigenvalue weighted by Gasteiger charge is -2.08. The number of hydrogen-bond acceptors (Lipinski definition) is 2. The van der Waals surface area contributed by atoms with E-state index in [1.807, 2.05) is 18.2 Å². The van der Waals surface area contributed by atoms with Crippen molar-refractivity contribution < 1.29 is 4.74 Å². The molecule has 0 aliphatic rings. The van der Waals surface area contributed by atoms with Gasteiger partial charge in [0.25, 0.3) is 0 Å². The van der Waals surface area contributed by atoms with Crippen LogP contribution < -0.4 is 5.32 Å².